The van der Waals surface area contributed by atoms with Gasteiger partial charge in [-0.2, -0.15) is 0 Å². The third-order valence-corrected chi connectivity index (χ3v) is 3.33. The minimum absolute atomic E-state index is 0.00496. The van der Waals surface area contributed by atoms with Crippen molar-refractivity contribution < 1.29 is 28.4 Å². The summed E-state index contributed by atoms with van der Waals surface area (Å²) in [6, 6.07) is 5.50. The summed E-state index contributed by atoms with van der Waals surface area (Å²) in [5.41, 5.74) is 0. The van der Waals surface area contributed by atoms with Gasteiger partial charge in [0.15, 0.2) is 29.9 Å². The van der Waals surface area contributed by atoms with Crippen molar-refractivity contribution in [3.63, 3.8) is 0 Å². The lowest BCUT2D eigenvalue weighted by Crippen LogP contribution is -2.23. The lowest BCUT2D eigenvalue weighted by molar-refractivity contribution is -0.380. The van der Waals surface area contributed by atoms with Crippen molar-refractivity contribution in [3.05, 3.63) is 46.4 Å². The van der Waals surface area contributed by atoms with Gasteiger partial charge in [-0.1, -0.05) is 12.1 Å². The van der Waals surface area contributed by atoms with E-state index in [1.807, 2.05) is 0 Å². The second-order valence-corrected chi connectivity index (χ2v) is 5.20. The number of rotatable bonds is 7. The van der Waals surface area contributed by atoms with E-state index in [1.165, 1.54) is 24.3 Å². The fourth-order valence-electron chi connectivity index (χ4n) is 1.45. The first kappa shape index (κ1) is 17.3. The van der Waals surface area contributed by atoms with Crippen molar-refractivity contribution in [2.45, 2.75) is 0 Å². The Balaban J connectivity index is 1.73. The SMILES string of the molecule is O=C(COC(=O)COc1ccccc1F)Nc1ncc([N+](=O)[O-])s1. The number of esters is 1. The zero-order valence-electron chi connectivity index (χ0n) is 11.9. The maximum Gasteiger partial charge on any atom is 0.345 e. The molecule has 0 spiro atoms. The van der Waals surface area contributed by atoms with Crippen molar-refractivity contribution in [1.29, 1.82) is 0 Å². The summed E-state index contributed by atoms with van der Waals surface area (Å²) >= 11 is 0.664. The molecule has 2 rings (SSSR count). The summed E-state index contributed by atoms with van der Waals surface area (Å²) in [6.07, 6.45) is 0.995. The standard InChI is InChI=1S/C13H10FN3O6S/c14-8-3-1-2-4-9(8)22-7-12(19)23-6-10(18)16-13-15-5-11(24-13)17(20)21/h1-5H,6-7H2,(H,15,16,18). The van der Waals surface area contributed by atoms with Crippen LogP contribution in [0.15, 0.2) is 30.5 Å². The molecule has 1 aromatic carbocycles. The molecule has 1 heterocycles. The number of amides is 1. The van der Waals surface area contributed by atoms with E-state index in [-0.39, 0.29) is 15.9 Å². The Morgan fingerprint density at radius 3 is 2.75 bits per heavy atom. The Bertz CT molecular complexity index is 766. The molecule has 0 unspecified atom stereocenters. The third-order valence-electron chi connectivity index (χ3n) is 2.47. The van der Waals surface area contributed by atoms with E-state index in [1.54, 1.807) is 0 Å². The lowest BCUT2D eigenvalue weighted by atomic mass is 10.3. The van der Waals surface area contributed by atoms with Gasteiger partial charge in [0.25, 0.3) is 5.91 Å². The number of carbonyl (C=O) groups excluding carboxylic acids is 2. The highest BCUT2D eigenvalue weighted by atomic mass is 32.1. The molecule has 0 aliphatic carbocycles. The van der Waals surface area contributed by atoms with Crippen molar-refractivity contribution >= 4 is 33.3 Å². The van der Waals surface area contributed by atoms with Gasteiger partial charge < -0.3 is 9.47 Å². The second-order valence-electron chi connectivity index (χ2n) is 4.19. The van der Waals surface area contributed by atoms with Gasteiger partial charge in [-0.15, -0.1) is 0 Å². The van der Waals surface area contributed by atoms with Crippen LogP contribution in [0.25, 0.3) is 0 Å². The predicted octanol–water partition coefficient (Wildman–Crippen LogP) is 1.75. The molecule has 1 amide bonds. The van der Waals surface area contributed by atoms with Crippen LogP contribution in [-0.4, -0.2) is 35.0 Å². The van der Waals surface area contributed by atoms with Crippen LogP contribution in [0.1, 0.15) is 0 Å². The summed E-state index contributed by atoms with van der Waals surface area (Å²) in [5, 5.41) is 12.5. The van der Waals surface area contributed by atoms with Crippen molar-refractivity contribution in [1.82, 2.24) is 4.98 Å². The number of halogens is 1. The minimum atomic E-state index is -0.876. The Morgan fingerprint density at radius 1 is 1.33 bits per heavy atom. The molecule has 0 radical (unpaired) electrons. The first-order chi connectivity index (χ1) is 11.5. The van der Waals surface area contributed by atoms with Crippen LogP contribution in [0.3, 0.4) is 0 Å². The zero-order chi connectivity index (χ0) is 17.5. The molecule has 1 N–H and O–H groups in total. The first-order valence-corrected chi connectivity index (χ1v) is 7.20. The molecule has 0 saturated heterocycles. The summed E-state index contributed by atoms with van der Waals surface area (Å²) in [5.74, 6) is -2.35. The van der Waals surface area contributed by atoms with Crippen LogP contribution >= 0.6 is 11.3 Å². The number of hydrogen-bond acceptors (Lipinski definition) is 8. The van der Waals surface area contributed by atoms with E-state index in [0.717, 1.165) is 6.20 Å². The number of anilines is 1. The van der Waals surface area contributed by atoms with Crippen LogP contribution < -0.4 is 10.1 Å². The number of para-hydroxylation sites is 1. The van der Waals surface area contributed by atoms with Crippen LogP contribution in [0, 0.1) is 15.9 Å². The van der Waals surface area contributed by atoms with Crippen molar-refractivity contribution in [3.8, 4) is 5.75 Å². The summed E-state index contributed by atoms with van der Waals surface area (Å²) < 4.78 is 22.8. The normalized spacial score (nSPS) is 10.0. The molecule has 2 aromatic rings. The van der Waals surface area contributed by atoms with Crippen molar-refractivity contribution in [2.24, 2.45) is 0 Å². The maximum atomic E-state index is 13.3. The fraction of sp³-hybridized carbons (Fsp3) is 0.154. The molecule has 0 aliphatic heterocycles. The van der Waals surface area contributed by atoms with Crippen molar-refractivity contribution in [2.75, 3.05) is 18.5 Å². The average molecular weight is 355 g/mol. The number of benzene rings is 1. The number of ether oxygens (including phenoxy) is 2. The summed E-state index contributed by atoms with van der Waals surface area (Å²) in [7, 11) is 0. The summed E-state index contributed by atoms with van der Waals surface area (Å²) in [4.78, 5) is 36.4. The highest BCUT2D eigenvalue weighted by Gasteiger charge is 2.15. The van der Waals surface area contributed by atoms with E-state index in [2.05, 4.69) is 15.0 Å². The zero-order valence-corrected chi connectivity index (χ0v) is 12.7. The molecule has 11 heteroatoms. The average Bonchev–Trinajstić information content (AvgIpc) is 3.01. The number of carbonyl (C=O) groups is 2. The van der Waals surface area contributed by atoms with Crippen LogP contribution in [0.5, 0.6) is 5.75 Å². The van der Waals surface area contributed by atoms with Gasteiger partial charge in [0.2, 0.25) is 0 Å². The number of thiazole rings is 1. The highest BCUT2D eigenvalue weighted by Crippen LogP contribution is 2.24. The molecule has 0 fully saturated rings. The Labute approximate surface area is 138 Å². The molecule has 24 heavy (non-hydrogen) atoms. The molecule has 126 valence electrons. The van der Waals surface area contributed by atoms with Crippen LogP contribution in [0.4, 0.5) is 14.5 Å². The lowest BCUT2D eigenvalue weighted by Gasteiger charge is -2.07. The highest BCUT2D eigenvalue weighted by molar-refractivity contribution is 7.18. The molecular formula is C13H10FN3O6S. The predicted molar refractivity (Wildman–Crippen MR) is 80.3 cm³/mol. The maximum absolute atomic E-state index is 13.3. The second kappa shape index (κ2) is 7.97. The molecule has 1 aromatic heterocycles. The number of hydrogen-bond donors (Lipinski definition) is 1. The van der Waals surface area contributed by atoms with E-state index >= 15 is 0 Å². The molecule has 0 bridgehead atoms. The van der Waals surface area contributed by atoms with Gasteiger partial charge >= 0.3 is 11.0 Å². The molecule has 0 atom stereocenters. The molecule has 0 aliphatic rings. The van der Waals surface area contributed by atoms with Crippen LogP contribution in [-0.2, 0) is 14.3 Å². The van der Waals surface area contributed by atoms with E-state index in [4.69, 9.17) is 4.74 Å². The topological polar surface area (TPSA) is 121 Å². The van der Waals surface area contributed by atoms with Crippen LogP contribution in [0.2, 0.25) is 0 Å². The smallest absolute Gasteiger partial charge is 0.345 e. The Morgan fingerprint density at radius 2 is 2.08 bits per heavy atom. The molecule has 0 saturated carbocycles. The Kier molecular flexibility index (Phi) is 5.73. The quantitative estimate of drug-likeness (QED) is 0.456. The van der Waals surface area contributed by atoms with Gasteiger partial charge in [0.1, 0.15) is 6.20 Å². The summed E-state index contributed by atoms with van der Waals surface area (Å²) in [6.45, 7) is -1.20. The monoisotopic (exact) mass is 355 g/mol. The van der Waals surface area contributed by atoms with Gasteiger partial charge in [0.05, 0.1) is 4.92 Å². The number of aromatic nitrogens is 1. The van der Waals surface area contributed by atoms with Gasteiger partial charge in [-0.05, 0) is 23.5 Å². The van der Waals surface area contributed by atoms with Gasteiger partial charge in [-0.3, -0.25) is 20.2 Å². The molecule has 9 nitrogen and oxygen atoms in total. The van der Waals surface area contributed by atoms with Gasteiger partial charge in [0, 0.05) is 0 Å². The number of nitrogens with zero attached hydrogens (tertiary/aromatic N) is 2. The largest absolute Gasteiger partial charge is 0.479 e. The number of nitro groups is 1. The van der Waals surface area contributed by atoms with Gasteiger partial charge in [-0.25, -0.2) is 14.2 Å². The first-order valence-electron chi connectivity index (χ1n) is 6.38. The van der Waals surface area contributed by atoms with E-state index in [0.29, 0.717) is 11.3 Å². The Hall–Kier alpha value is -3.08. The minimum Gasteiger partial charge on any atom is -0.479 e. The number of nitrogens with one attached hydrogen (secondary N) is 1. The third kappa shape index (κ3) is 4.98. The molecular weight excluding hydrogens is 345 g/mol. The fourth-order valence-corrected chi connectivity index (χ4v) is 2.10. The van der Waals surface area contributed by atoms with E-state index < -0.39 is 35.8 Å². The van der Waals surface area contributed by atoms with E-state index in [9.17, 15) is 24.1 Å².